The van der Waals surface area contributed by atoms with Gasteiger partial charge in [-0.05, 0) is 73.8 Å². The summed E-state index contributed by atoms with van der Waals surface area (Å²) < 4.78 is 20.0. The molecule has 0 spiro atoms. The van der Waals surface area contributed by atoms with Gasteiger partial charge in [0.2, 0.25) is 0 Å². The van der Waals surface area contributed by atoms with Crippen molar-refractivity contribution >= 4 is 61.5 Å². The molecule has 1 N–H and O–H groups in total. The average Bonchev–Trinajstić information content (AvgIpc) is 2.64. The van der Waals surface area contributed by atoms with Crippen molar-refractivity contribution in [3.63, 3.8) is 0 Å². The molecular formula is C20H11Br2FN2O4. The second kappa shape index (κ2) is 8.59. The number of carbonyl (C=O) groups excluding carboxylic acids is 3. The Balaban J connectivity index is 2.00. The Bertz CT molecular complexity index is 1080. The lowest BCUT2D eigenvalue weighted by molar-refractivity contribution is -0.122. The first kappa shape index (κ1) is 20.8. The quantitative estimate of drug-likeness (QED) is 0.374. The van der Waals surface area contributed by atoms with Crippen molar-refractivity contribution in [2.75, 3.05) is 11.5 Å². The molecule has 0 bridgehead atoms. The molecule has 0 aromatic heterocycles. The summed E-state index contributed by atoms with van der Waals surface area (Å²) in [6, 6.07) is 7.22. The van der Waals surface area contributed by atoms with E-state index in [-0.39, 0.29) is 17.9 Å². The molecule has 1 fully saturated rings. The van der Waals surface area contributed by atoms with Crippen molar-refractivity contribution < 1.29 is 23.5 Å². The highest BCUT2D eigenvalue weighted by molar-refractivity contribution is 9.11. The van der Waals surface area contributed by atoms with Crippen LogP contribution in [0.2, 0.25) is 0 Å². The maximum Gasteiger partial charge on any atom is 0.335 e. The Morgan fingerprint density at radius 2 is 1.86 bits per heavy atom. The molecule has 1 saturated heterocycles. The van der Waals surface area contributed by atoms with Gasteiger partial charge in [-0.2, -0.15) is 0 Å². The van der Waals surface area contributed by atoms with Crippen LogP contribution in [0.15, 0.2) is 50.9 Å². The van der Waals surface area contributed by atoms with Gasteiger partial charge >= 0.3 is 6.03 Å². The van der Waals surface area contributed by atoms with Gasteiger partial charge in [-0.1, -0.05) is 12.0 Å². The highest BCUT2D eigenvalue weighted by Gasteiger charge is 2.37. The van der Waals surface area contributed by atoms with Crippen molar-refractivity contribution in [3.8, 4) is 18.1 Å². The van der Waals surface area contributed by atoms with E-state index in [2.05, 4.69) is 43.1 Å². The summed E-state index contributed by atoms with van der Waals surface area (Å²) >= 11 is 6.69. The molecule has 2 aromatic carbocycles. The van der Waals surface area contributed by atoms with Crippen LogP contribution in [-0.4, -0.2) is 24.5 Å². The molecule has 146 valence electrons. The van der Waals surface area contributed by atoms with Crippen molar-refractivity contribution in [2.45, 2.75) is 0 Å². The Kier molecular flexibility index (Phi) is 6.15. The summed E-state index contributed by atoms with van der Waals surface area (Å²) in [5.41, 5.74) is 0.195. The summed E-state index contributed by atoms with van der Waals surface area (Å²) in [5.74, 6) is 0.464. The number of benzene rings is 2. The number of carbonyl (C=O) groups is 3. The van der Waals surface area contributed by atoms with Crippen LogP contribution >= 0.6 is 31.9 Å². The lowest BCUT2D eigenvalue weighted by atomic mass is 10.1. The molecule has 0 radical (unpaired) electrons. The number of terminal acetylenes is 1. The predicted octanol–water partition coefficient (Wildman–Crippen LogP) is 4.03. The van der Waals surface area contributed by atoms with Gasteiger partial charge in [-0.25, -0.2) is 14.1 Å². The lowest BCUT2D eigenvalue weighted by Gasteiger charge is -2.26. The first-order chi connectivity index (χ1) is 13.8. The summed E-state index contributed by atoms with van der Waals surface area (Å²) in [4.78, 5) is 37.9. The minimum absolute atomic E-state index is 0.00583. The van der Waals surface area contributed by atoms with Crippen molar-refractivity contribution in [1.29, 1.82) is 0 Å². The van der Waals surface area contributed by atoms with Gasteiger partial charge in [0.25, 0.3) is 11.8 Å². The van der Waals surface area contributed by atoms with Gasteiger partial charge in [-0.15, -0.1) is 6.42 Å². The third-order valence-electron chi connectivity index (χ3n) is 3.80. The molecular weight excluding hydrogens is 511 g/mol. The number of anilines is 1. The third-order valence-corrected chi connectivity index (χ3v) is 4.98. The summed E-state index contributed by atoms with van der Waals surface area (Å²) in [6.07, 6.45) is 6.51. The highest BCUT2D eigenvalue weighted by atomic mass is 79.9. The van der Waals surface area contributed by atoms with Crippen LogP contribution in [0.4, 0.5) is 14.9 Å². The molecule has 2 aromatic rings. The molecule has 29 heavy (non-hydrogen) atoms. The van der Waals surface area contributed by atoms with Crippen LogP contribution in [0.1, 0.15) is 5.56 Å². The van der Waals surface area contributed by atoms with Crippen LogP contribution < -0.4 is 15.0 Å². The smallest absolute Gasteiger partial charge is 0.335 e. The second-order valence-electron chi connectivity index (χ2n) is 5.74. The van der Waals surface area contributed by atoms with E-state index in [1.54, 1.807) is 12.1 Å². The molecule has 0 atom stereocenters. The van der Waals surface area contributed by atoms with E-state index in [0.717, 1.165) is 6.07 Å². The van der Waals surface area contributed by atoms with Gasteiger partial charge in [0.05, 0.1) is 14.6 Å². The van der Waals surface area contributed by atoms with Crippen LogP contribution in [0.25, 0.3) is 6.08 Å². The number of ether oxygens (including phenoxy) is 1. The van der Waals surface area contributed by atoms with E-state index >= 15 is 0 Å². The van der Waals surface area contributed by atoms with Gasteiger partial charge in [-0.3, -0.25) is 14.9 Å². The van der Waals surface area contributed by atoms with Crippen molar-refractivity contribution in [2.24, 2.45) is 0 Å². The Hall–Kier alpha value is -2.96. The molecule has 1 heterocycles. The predicted molar refractivity (Wildman–Crippen MR) is 112 cm³/mol. The van der Waals surface area contributed by atoms with Crippen LogP contribution in [0.5, 0.6) is 5.75 Å². The van der Waals surface area contributed by atoms with Gasteiger partial charge < -0.3 is 4.74 Å². The van der Waals surface area contributed by atoms with E-state index in [4.69, 9.17) is 11.2 Å². The second-order valence-corrected chi connectivity index (χ2v) is 7.45. The topological polar surface area (TPSA) is 75.7 Å². The molecule has 4 amide bonds. The first-order valence-electron chi connectivity index (χ1n) is 8.04. The number of urea groups is 1. The largest absolute Gasteiger partial charge is 0.479 e. The molecule has 0 saturated carbocycles. The Morgan fingerprint density at radius 1 is 1.17 bits per heavy atom. The molecule has 9 heteroatoms. The maximum absolute atomic E-state index is 13.5. The molecule has 1 aliphatic rings. The molecule has 1 aliphatic heterocycles. The van der Waals surface area contributed by atoms with Crippen molar-refractivity contribution in [1.82, 2.24) is 5.32 Å². The van der Waals surface area contributed by atoms with Gasteiger partial charge in [0.1, 0.15) is 23.7 Å². The summed E-state index contributed by atoms with van der Waals surface area (Å²) in [5, 5.41) is 2.08. The summed E-state index contributed by atoms with van der Waals surface area (Å²) in [7, 11) is 0. The summed E-state index contributed by atoms with van der Waals surface area (Å²) in [6.45, 7) is 0.0588. The number of rotatable bonds is 4. The Morgan fingerprint density at radius 3 is 2.48 bits per heavy atom. The van der Waals surface area contributed by atoms with Crippen LogP contribution in [0.3, 0.4) is 0 Å². The lowest BCUT2D eigenvalue weighted by Crippen LogP contribution is -2.54. The van der Waals surface area contributed by atoms with E-state index in [0.29, 0.717) is 25.2 Å². The molecule has 6 nitrogen and oxygen atoms in total. The monoisotopic (exact) mass is 520 g/mol. The zero-order valence-electron chi connectivity index (χ0n) is 14.5. The fourth-order valence-corrected chi connectivity index (χ4v) is 4.04. The third kappa shape index (κ3) is 4.39. The maximum atomic E-state index is 13.5. The SMILES string of the molecule is C#CCOc1c(Br)cc(/C=C2/C(=O)NC(=O)N(c3cccc(F)c3)C2=O)cc1Br. The minimum Gasteiger partial charge on any atom is -0.479 e. The van der Waals surface area contributed by atoms with Gasteiger partial charge in [0, 0.05) is 0 Å². The molecule has 0 aliphatic carbocycles. The van der Waals surface area contributed by atoms with Crippen LogP contribution in [-0.2, 0) is 9.59 Å². The zero-order valence-corrected chi connectivity index (χ0v) is 17.7. The number of hydrogen-bond donors (Lipinski definition) is 1. The molecule has 3 rings (SSSR count). The standard InChI is InChI=1S/C20H11Br2FN2O4/c1-2-6-29-17-15(21)8-11(9-16(17)22)7-14-18(26)24-20(28)25(19(14)27)13-5-3-4-12(23)10-13/h1,3-5,7-10H,6H2,(H,24,26,28)/b14-7-. The Labute approximate surface area is 182 Å². The van der Waals surface area contributed by atoms with Crippen LogP contribution in [0, 0.1) is 18.2 Å². The molecule has 0 unspecified atom stereocenters. The average molecular weight is 522 g/mol. The van der Waals surface area contributed by atoms with E-state index < -0.39 is 23.7 Å². The van der Waals surface area contributed by atoms with Gasteiger partial charge in [0.15, 0.2) is 0 Å². The number of nitrogens with zero attached hydrogens (tertiary/aromatic N) is 1. The minimum atomic E-state index is -0.955. The zero-order chi connectivity index (χ0) is 21.1. The fraction of sp³-hybridized carbons (Fsp3) is 0.0500. The van der Waals surface area contributed by atoms with E-state index in [9.17, 15) is 18.8 Å². The first-order valence-corrected chi connectivity index (χ1v) is 9.62. The van der Waals surface area contributed by atoms with Crippen molar-refractivity contribution in [3.05, 3.63) is 62.3 Å². The van der Waals surface area contributed by atoms with E-state index in [1.807, 2.05) is 0 Å². The fourth-order valence-electron chi connectivity index (χ4n) is 2.59. The normalized spacial score (nSPS) is 15.3. The number of imide groups is 2. The number of barbiturate groups is 1. The number of amides is 4. The number of hydrogen-bond acceptors (Lipinski definition) is 4. The number of halogens is 3. The number of nitrogens with one attached hydrogen (secondary N) is 1. The van der Waals surface area contributed by atoms with E-state index in [1.165, 1.54) is 24.3 Å². The highest BCUT2D eigenvalue weighted by Crippen LogP contribution is 2.35.